The summed E-state index contributed by atoms with van der Waals surface area (Å²) >= 11 is 7.21. The van der Waals surface area contributed by atoms with Crippen LogP contribution in [-0.4, -0.2) is 14.2 Å². The number of carbonyl (C=O) groups is 1. The molecule has 2 aromatic carbocycles. The quantitative estimate of drug-likeness (QED) is 0.511. The summed E-state index contributed by atoms with van der Waals surface area (Å²) in [7, 11) is -3.93. The first-order chi connectivity index (χ1) is 13.1. The van der Waals surface area contributed by atoms with Gasteiger partial charge >= 0.3 is 0 Å². The zero-order valence-corrected chi connectivity index (χ0v) is 17.7. The number of anilines is 1. The van der Waals surface area contributed by atoms with Gasteiger partial charge in [-0.1, -0.05) is 23.7 Å². The summed E-state index contributed by atoms with van der Waals surface area (Å²) in [6.45, 7) is 4.75. The minimum absolute atomic E-state index is 0.0958. The predicted octanol–water partition coefficient (Wildman–Crippen LogP) is 5.83. The molecule has 0 radical (unpaired) electrons. The van der Waals surface area contributed by atoms with Crippen LogP contribution in [0.5, 0.6) is 0 Å². The summed E-state index contributed by atoms with van der Waals surface area (Å²) in [4.78, 5) is 13.1. The van der Waals surface area contributed by atoms with E-state index in [2.05, 4.69) is 4.72 Å². The van der Waals surface area contributed by atoms with Crippen LogP contribution in [0.25, 0.3) is 10.4 Å². The summed E-state index contributed by atoms with van der Waals surface area (Å²) in [5.41, 5.74) is 2.03. The van der Waals surface area contributed by atoms with Crippen molar-refractivity contribution in [2.75, 3.05) is 4.72 Å². The molecule has 0 aliphatic rings. The lowest BCUT2D eigenvalue weighted by Crippen LogP contribution is -2.15. The summed E-state index contributed by atoms with van der Waals surface area (Å²) in [5.74, 6) is -0.637. The Morgan fingerprint density at radius 3 is 2.32 bits per heavy atom. The molecule has 0 aliphatic heterocycles. The van der Waals surface area contributed by atoms with Crippen LogP contribution < -0.4 is 4.72 Å². The Balaban J connectivity index is 2.05. The monoisotopic (exact) mass is 437 g/mol. The van der Waals surface area contributed by atoms with Crippen LogP contribution in [0.4, 0.5) is 10.1 Å². The third-order valence-corrected chi connectivity index (χ3v) is 7.37. The third-order valence-electron chi connectivity index (χ3n) is 4.17. The number of thiophene rings is 1. The summed E-state index contributed by atoms with van der Waals surface area (Å²) < 4.78 is 41.6. The molecule has 1 N–H and O–H groups in total. The van der Waals surface area contributed by atoms with Crippen molar-refractivity contribution < 1.29 is 17.6 Å². The molecule has 0 amide bonds. The highest BCUT2D eigenvalue weighted by Gasteiger charge is 2.23. The molecule has 0 aliphatic carbocycles. The highest BCUT2D eigenvalue weighted by molar-refractivity contribution is 7.92. The first-order valence-corrected chi connectivity index (χ1v) is 11.0. The van der Waals surface area contributed by atoms with Gasteiger partial charge in [0.15, 0.2) is 5.78 Å². The SMILES string of the molecule is CC(=O)c1sc(-c2ccc(F)cc2)cc1NS(=O)(=O)c1cc(C)c(Cl)cc1C. The smallest absolute Gasteiger partial charge is 0.262 e. The minimum atomic E-state index is -3.93. The van der Waals surface area contributed by atoms with E-state index in [0.29, 0.717) is 26.6 Å². The highest BCUT2D eigenvalue weighted by Crippen LogP contribution is 2.37. The molecule has 1 heterocycles. The number of hydrogen-bond donors (Lipinski definition) is 1. The Kier molecular flexibility index (Phi) is 5.61. The first-order valence-electron chi connectivity index (χ1n) is 8.29. The zero-order chi connectivity index (χ0) is 20.6. The van der Waals surface area contributed by atoms with Gasteiger partial charge in [0.1, 0.15) is 5.82 Å². The van der Waals surface area contributed by atoms with E-state index in [1.807, 2.05) is 0 Å². The van der Waals surface area contributed by atoms with Gasteiger partial charge < -0.3 is 0 Å². The fraction of sp³-hybridized carbons (Fsp3) is 0.150. The van der Waals surface area contributed by atoms with Crippen LogP contribution in [0, 0.1) is 19.7 Å². The van der Waals surface area contributed by atoms with Crippen molar-refractivity contribution in [2.24, 2.45) is 0 Å². The maximum Gasteiger partial charge on any atom is 0.262 e. The van der Waals surface area contributed by atoms with E-state index >= 15 is 0 Å². The molecular weight excluding hydrogens is 421 g/mol. The molecule has 3 rings (SSSR count). The number of halogens is 2. The van der Waals surface area contributed by atoms with Crippen LogP contribution in [0.2, 0.25) is 5.02 Å². The molecular formula is C20H17ClFNO3S2. The molecule has 146 valence electrons. The van der Waals surface area contributed by atoms with E-state index in [1.54, 1.807) is 38.1 Å². The van der Waals surface area contributed by atoms with Gasteiger partial charge in [-0.2, -0.15) is 0 Å². The number of hydrogen-bond acceptors (Lipinski definition) is 4. The lowest BCUT2D eigenvalue weighted by molar-refractivity contribution is 0.102. The topological polar surface area (TPSA) is 63.2 Å². The Bertz CT molecular complexity index is 1170. The van der Waals surface area contributed by atoms with Crippen LogP contribution in [0.15, 0.2) is 47.4 Å². The van der Waals surface area contributed by atoms with Gasteiger partial charge in [0.2, 0.25) is 0 Å². The van der Waals surface area contributed by atoms with Crippen molar-refractivity contribution >= 4 is 44.4 Å². The van der Waals surface area contributed by atoms with E-state index in [1.165, 1.54) is 25.1 Å². The molecule has 0 saturated heterocycles. The van der Waals surface area contributed by atoms with E-state index in [0.717, 1.165) is 11.3 Å². The predicted molar refractivity (Wildman–Crippen MR) is 111 cm³/mol. The van der Waals surface area contributed by atoms with Crippen LogP contribution in [0.1, 0.15) is 27.7 Å². The third kappa shape index (κ3) is 4.11. The van der Waals surface area contributed by atoms with Crippen molar-refractivity contribution in [1.82, 2.24) is 0 Å². The van der Waals surface area contributed by atoms with Crippen LogP contribution in [-0.2, 0) is 10.0 Å². The molecule has 3 aromatic rings. The van der Waals surface area contributed by atoms with E-state index in [9.17, 15) is 17.6 Å². The van der Waals surface area contributed by atoms with E-state index in [-0.39, 0.29) is 27.1 Å². The molecule has 8 heteroatoms. The Morgan fingerprint density at radius 1 is 1.07 bits per heavy atom. The highest BCUT2D eigenvalue weighted by atomic mass is 35.5. The summed E-state index contributed by atoms with van der Waals surface area (Å²) in [5, 5.41) is 0.481. The standard InChI is InChI=1S/C20H17ClFNO3S2/c1-11-9-19(12(2)8-16(11)21)28(25,26)23-17-10-18(27-20(17)13(3)24)14-4-6-15(22)7-5-14/h4-10,23H,1-3H3. The van der Waals surface area contributed by atoms with E-state index in [4.69, 9.17) is 11.6 Å². The van der Waals surface area contributed by atoms with Gasteiger partial charge in [-0.15, -0.1) is 11.3 Å². The number of ketones is 1. The second-order valence-electron chi connectivity index (χ2n) is 6.39. The molecule has 1 aromatic heterocycles. The molecule has 0 saturated carbocycles. The molecule has 0 atom stereocenters. The molecule has 0 bridgehead atoms. The second kappa shape index (κ2) is 7.66. The number of Topliss-reactive ketones (excluding diaryl/α,β-unsaturated/α-hetero) is 1. The van der Waals surface area contributed by atoms with Crippen LogP contribution >= 0.6 is 22.9 Å². The number of aryl methyl sites for hydroxylation is 2. The maximum absolute atomic E-state index is 13.2. The number of rotatable bonds is 5. The molecule has 28 heavy (non-hydrogen) atoms. The van der Waals surface area contributed by atoms with Gasteiger partial charge in [-0.3, -0.25) is 9.52 Å². The van der Waals surface area contributed by atoms with E-state index < -0.39 is 10.0 Å². The van der Waals surface area contributed by atoms with Gasteiger partial charge in [-0.25, -0.2) is 12.8 Å². The number of carbonyl (C=O) groups excluding carboxylic acids is 1. The minimum Gasteiger partial charge on any atom is -0.294 e. The zero-order valence-electron chi connectivity index (χ0n) is 15.3. The van der Waals surface area contributed by atoms with Crippen molar-refractivity contribution in [3.8, 4) is 10.4 Å². The van der Waals surface area contributed by atoms with Crippen molar-refractivity contribution in [3.05, 3.63) is 69.3 Å². The lowest BCUT2D eigenvalue weighted by atomic mass is 10.2. The number of benzene rings is 2. The van der Waals surface area contributed by atoms with Crippen molar-refractivity contribution in [3.63, 3.8) is 0 Å². The first kappa shape index (κ1) is 20.5. The molecule has 4 nitrogen and oxygen atoms in total. The Labute approximate surface area is 172 Å². The molecule has 0 fully saturated rings. The summed E-state index contributed by atoms with van der Waals surface area (Å²) in [6, 6.07) is 10.5. The lowest BCUT2D eigenvalue weighted by Gasteiger charge is -2.12. The van der Waals surface area contributed by atoms with Gasteiger partial charge in [0, 0.05) is 16.8 Å². The summed E-state index contributed by atoms with van der Waals surface area (Å²) in [6.07, 6.45) is 0. The van der Waals surface area contributed by atoms with Gasteiger partial charge in [0.25, 0.3) is 10.0 Å². The fourth-order valence-electron chi connectivity index (χ4n) is 2.73. The Morgan fingerprint density at radius 2 is 1.71 bits per heavy atom. The molecule has 0 spiro atoms. The fourth-order valence-corrected chi connectivity index (χ4v) is 5.40. The largest absolute Gasteiger partial charge is 0.294 e. The maximum atomic E-state index is 13.2. The van der Waals surface area contributed by atoms with Crippen LogP contribution in [0.3, 0.4) is 0 Å². The van der Waals surface area contributed by atoms with Crippen molar-refractivity contribution in [2.45, 2.75) is 25.7 Å². The second-order valence-corrected chi connectivity index (χ2v) is 9.50. The number of nitrogens with one attached hydrogen (secondary N) is 1. The average molecular weight is 438 g/mol. The molecule has 0 unspecified atom stereocenters. The average Bonchev–Trinajstić information content (AvgIpc) is 3.02. The number of sulfonamides is 1. The normalized spacial score (nSPS) is 11.5. The Hall–Kier alpha value is -2.22. The van der Waals surface area contributed by atoms with Gasteiger partial charge in [-0.05, 0) is 60.9 Å². The van der Waals surface area contributed by atoms with Crippen molar-refractivity contribution in [1.29, 1.82) is 0 Å². The van der Waals surface area contributed by atoms with Gasteiger partial charge in [0.05, 0.1) is 15.5 Å².